The number of ether oxygens (including phenoxy) is 5. The van der Waals surface area contributed by atoms with Crippen LogP contribution in [0.1, 0.15) is 46.5 Å². The van der Waals surface area contributed by atoms with Crippen LogP contribution in [0.5, 0.6) is 0 Å². The second kappa shape index (κ2) is 8.24. The van der Waals surface area contributed by atoms with E-state index in [-0.39, 0.29) is 37.2 Å². The van der Waals surface area contributed by atoms with Gasteiger partial charge in [-0.15, -0.1) is 0 Å². The highest BCUT2D eigenvalue weighted by Gasteiger charge is 2.45. The highest BCUT2D eigenvalue weighted by molar-refractivity contribution is 5.69. The van der Waals surface area contributed by atoms with Crippen LogP contribution in [-0.2, 0) is 28.5 Å². The molecule has 0 aromatic rings. The van der Waals surface area contributed by atoms with E-state index in [0.29, 0.717) is 12.8 Å². The molecule has 6 nitrogen and oxygen atoms in total. The lowest BCUT2D eigenvalue weighted by molar-refractivity contribution is -0.172. The molecular formula is C17H28O6. The highest BCUT2D eigenvalue weighted by Crippen LogP contribution is 2.34. The van der Waals surface area contributed by atoms with Crippen LogP contribution in [-0.4, -0.2) is 50.1 Å². The summed E-state index contributed by atoms with van der Waals surface area (Å²) in [6.07, 6.45) is 5.36. The minimum absolute atomic E-state index is 0.180. The van der Waals surface area contributed by atoms with Crippen LogP contribution >= 0.6 is 0 Å². The van der Waals surface area contributed by atoms with Crippen molar-refractivity contribution in [2.24, 2.45) is 0 Å². The van der Waals surface area contributed by atoms with E-state index in [1.807, 2.05) is 26.0 Å². The largest absolute Gasteiger partial charge is 0.459 e. The van der Waals surface area contributed by atoms with Gasteiger partial charge >= 0.3 is 5.97 Å². The maximum Gasteiger partial charge on any atom is 0.306 e. The van der Waals surface area contributed by atoms with Crippen LogP contribution in [0.4, 0.5) is 0 Å². The lowest BCUT2D eigenvalue weighted by Crippen LogP contribution is -2.39. The fourth-order valence-electron chi connectivity index (χ4n) is 2.94. The minimum atomic E-state index is -0.699. The number of hydrogen-bond acceptors (Lipinski definition) is 6. The molecule has 2 aliphatic rings. The molecule has 23 heavy (non-hydrogen) atoms. The van der Waals surface area contributed by atoms with Gasteiger partial charge in [-0.05, 0) is 26.7 Å². The third-order valence-corrected chi connectivity index (χ3v) is 3.93. The first kappa shape index (κ1) is 18.4. The van der Waals surface area contributed by atoms with Gasteiger partial charge in [-0.3, -0.25) is 4.79 Å². The van der Waals surface area contributed by atoms with Crippen LogP contribution in [0, 0.1) is 0 Å². The van der Waals surface area contributed by atoms with Gasteiger partial charge in [-0.1, -0.05) is 25.5 Å². The molecule has 4 atom stereocenters. The van der Waals surface area contributed by atoms with Gasteiger partial charge in [0.25, 0.3) is 0 Å². The Balaban J connectivity index is 2.19. The monoisotopic (exact) mass is 328 g/mol. The van der Waals surface area contributed by atoms with Crippen molar-refractivity contribution in [1.29, 1.82) is 0 Å². The summed E-state index contributed by atoms with van der Waals surface area (Å²) in [6, 6.07) is 0. The molecule has 0 aromatic carbocycles. The Morgan fingerprint density at radius 2 is 2.09 bits per heavy atom. The van der Waals surface area contributed by atoms with E-state index in [4.69, 9.17) is 23.7 Å². The van der Waals surface area contributed by atoms with Gasteiger partial charge in [-0.2, -0.15) is 0 Å². The predicted octanol–water partition coefficient (Wildman–Crippen LogP) is 2.56. The summed E-state index contributed by atoms with van der Waals surface area (Å²) in [5.74, 6) is -0.925. The van der Waals surface area contributed by atoms with Crippen LogP contribution in [0.15, 0.2) is 12.2 Å². The normalized spacial score (nSPS) is 35.4. The molecule has 0 aromatic heterocycles. The fraction of sp³-hybridized carbons (Fsp3) is 0.824. The number of carbonyl (C=O) groups excluding carboxylic acids is 1. The molecule has 132 valence electrons. The third kappa shape index (κ3) is 5.28. The van der Waals surface area contributed by atoms with Crippen molar-refractivity contribution >= 4 is 5.97 Å². The molecule has 0 amide bonds. The number of carbonyl (C=O) groups is 1. The Morgan fingerprint density at radius 3 is 2.78 bits per heavy atom. The Labute approximate surface area is 138 Å². The maximum absolute atomic E-state index is 12.1. The summed E-state index contributed by atoms with van der Waals surface area (Å²) >= 11 is 0. The number of hydrogen-bond donors (Lipinski definition) is 0. The maximum atomic E-state index is 12.1. The van der Waals surface area contributed by atoms with Crippen molar-refractivity contribution in [3.8, 4) is 0 Å². The number of fused-ring (bicyclic) bond motifs is 1. The summed E-state index contributed by atoms with van der Waals surface area (Å²) < 4.78 is 28.1. The molecule has 6 heteroatoms. The van der Waals surface area contributed by atoms with E-state index < -0.39 is 5.79 Å². The standard InChI is InChI=1S/C17H28O6/c1-5-6-13-16-14(22-17(2,3)23-16)9-7-12(20-11-19-4)8-10-15(18)21-13/h7,9,12-14,16H,5-6,8,10-11H2,1-4H3/b9-7+/t12-,13+,14-,16+/m0/s1. The molecule has 1 saturated heterocycles. The molecule has 0 saturated carbocycles. The van der Waals surface area contributed by atoms with Gasteiger partial charge in [0.15, 0.2) is 5.79 Å². The molecule has 0 N–H and O–H groups in total. The van der Waals surface area contributed by atoms with Crippen molar-refractivity contribution in [3.63, 3.8) is 0 Å². The van der Waals surface area contributed by atoms with E-state index in [0.717, 1.165) is 12.8 Å². The third-order valence-electron chi connectivity index (χ3n) is 3.93. The minimum Gasteiger partial charge on any atom is -0.459 e. The zero-order valence-corrected chi connectivity index (χ0v) is 14.4. The zero-order valence-electron chi connectivity index (χ0n) is 14.4. The van der Waals surface area contributed by atoms with E-state index in [1.54, 1.807) is 7.11 Å². The van der Waals surface area contributed by atoms with Gasteiger partial charge < -0.3 is 23.7 Å². The van der Waals surface area contributed by atoms with Gasteiger partial charge in [0.05, 0.1) is 6.10 Å². The summed E-state index contributed by atoms with van der Waals surface area (Å²) in [4.78, 5) is 12.1. The lowest BCUT2D eigenvalue weighted by Gasteiger charge is -2.27. The van der Waals surface area contributed by atoms with Gasteiger partial charge in [0, 0.05) is 13.5 Å². The molecule has 0 bridgehead atoms. The first-order valence-corrected chi connectivity index (χ1v) is 8.29. The van der Waals surface area contributed by atoms with Crippen molar-refractivity contribution in [2.75, 3.05) is 13.9 Å². The average Bonchev–Trinajstić information content (AvgIpc) is 2.80. The lowest BCUT2D eigenvalue weighted by atomic mass is 10.0. The van der Waals surface area contributed by atoms with Crippen LogP contribution < -0.4 is 0 Å². The first-order valence-electron chi connectivity index (χ1n) is 8.29. The molecule has 2 rings (SSSR count). The summed E-state index contributed by atoms with van der Waals surface area (Å²) in [6.45, 7) is 5.99. The molecule has 0 radical (unpaired) electrons. The van der Waals surface area contributed by atoms with Crippen LogP contribution in [0.2, 0.25) is 0 Å². The van der Waals surface area contributed by atoms with E-state index in [9.17, 15) is 4.79 Å². The Hall–Kier alpha value is -0.950. The SMILES string of the molecule is CCC[C@H]1OC(=O)CC[C@@H](OCOC)/C=C/[C@@H]2OC(C)(C)O[C@@H]21. The predicted molar refractivity (Wildman–Crippen MR) is 83.7 cm³/mol. The van der Waals surface area contributed by atoms with E-state index >= 15 is 0 Å². The van der Waals surface area contributed by atoms with E-state index in [2.05, 4.69) is 6.92 Å². The van der Waals surface area contributed by atoms with Crippen molar-refractivity contribution < 1.29 is 28.5 Å². The van der Waals surface area contributed by atoms with Crippen molar-refractivity contribution in [3.05, 3.63) is 12.2 Å². The molecule has 2 heterocycles. The first-order chi connectivity index (χ1) is 10.9. The zero-order chi connectivity index (χ0) is 16.9. The fourth-order valence-corrected chi connectivity index (χ4v) is 2.94. The van der Waals surface area contributed by atoms with Crippen LogP contribution in [0.25, 0.3) is 0 Å². The number of methoxy groups -OCH3 is 1. The Kier molecular flexibility index (Phi) is 6.59. The molecule has 0 aliphatic carbocycles. The van der Waals surface area contributed by atoms with Gasteiger partial charge in [0.2, 0.25) is 0 Å². The number of cyclic esters (lactones) is 1. The average molecular weight is 328 g/mol. The quantitative estimate of drug-likeness (QED) is 0.439. The van der Waals surface area contributed by atoms with Crippen molar-refractivity contribution in [2.45, 2.75) is 76.7 Å². The molecule has 2 aliphatic heterocycles. The summed E-state index contributed by atoms with van der Waals surface area (Å²) in [5.41, 5.74) is 0. The topological polar surface area (TPSA) is 63.2 Å². The van der Waals surface area contributed by atoms with Crippen molar-refractivity contribution in [1.82, 2.24) is 0 Å². The molecule has 1 fully saturated rings. The summed E-state index contributed by atoms with van der Waals surface area (Å²) in [7, 11) is 1.57. The van der Waals surface area contributed by atoms with Gasteiger partial charge in [-0.25, -0.2) is 0 Å². The molecule has 0 spiro atoms. The van der Waals surface area contributed by atoms with Crippen LogP contribution in [0.3, 0.4) is 0 Å². The highest BCUT2D eigenvalue weighted by atomic mass is 16.8. The Bertz CT molecular complexity index is 419. The second-order valence-corrected chi connectivity index (χ2v) is 6.42. The Morgan fingerprint density at radius 1 is 1.30 bits per heavy atom. The number of rotatable bonds is 5. The second-order valence-electron chi connectivity index (χ2n) is 6.42. The molecule has 0 unspecified atom stereocenters. The smallest absolute Gasteiger partial charge is 0.306 e. The number of esters is 1. The van der Waals surface area contributed by atoms with Gasteiger partial charge in [0.1, 0.15) is 25.1 Å². The summed E-state index contributed by atoms with van der Waals surface area (Å²) in [5, 5.41) is 0. The van der Waals surface area contributed by atoms with E-state index in [1.165, 1.54) is 0 Å². The molecular weight excluding hydrogens is 300 g/mol.